The number of halogens is 2. The van der Waals surface area contributed by atoms with Crippen LogP contribution in [0.25, 0.3) is 39.5 Å². The molecule has 5 aromatic carbocycles. The lowest BCUT2D eigenvalue weighted by Crippen LogP contribution is -2.17. The molecule has 0 fully saturated rings. The van der Waals surface area contributed by atoms with Gasteiger partial charge in [0.2, 0.25) is 0 Å². The molecule has 7 aromatic rings. The number of hydrogen-bond donors (Lipinski definition) is 2. The monoisotopic (exact) mass is 683 g/mol. The van der Waals surface area contributed by atoms with E-state index in [4.69, 9.17) is 23.2 Å². The van der Waals surface area contributed by atoms with E-state index in [2.05, 4.69) is 55.7 Å². The summed E-state index contributed by atoms with van der Waals surface area (Å²) in [5.74, 6) is -0.317. The highest BCUT2D eigenvalue weighted by Crippen LogP contribution is 2.36. The topological polar surface area (TPSA) is 71.3 Å². The van der Waals surface area contributed by atoms with E-state index in [9.17, 15) is 4.79 Å². The predicted octanol–water partition coefficient (Wildman–Crippen LogP) is 10.7. The Morgan fingerprint density at radius 3 is 2.02 bits per heavy atom. The van der Waals surface area contributed by atoms with Crippen LogP contribution in [-0.2, 0) is 0 Å². The number of aromatic nitrogens is 2. The molecule has 0 atom stereocenters. The van der Waals surface area contributed by atoms with E-state index in [1.54, 1.807) is 18.3 Å². The molecule has 0 aliphatic heterocycles. The van der Waals surface area contributed by atoms with Crippen molar-refractivity contribution in [1.29, 1.82) is 0 Å². The molecule has 7 rings (SSSR count). The van der Waals surface area contributed by atoms with Gasteiger partial charge in [0.25, 0.3) is 5.91 Å². The number of thiazole rings is 1. The van der Waals surface area contributed by atoms with Crippen LogP contribution in [-0.4, -0.2) is 21.7 Å². The second-order valence-corrected chi connectivity index (χ2v) is 12.6. The number of carbonyl (C=O) groups excluding carboxylic acids is 1. The Kier molecular flexibility index (Phi) is 9.16. The third kappa shape index (κ3) is 6.94. The number of anilines is 2. The van der Waals surface area contributed by atoms with Crippen LogP contribution in [0.3, 0.4) is 0 Å². The average Bonchev–Trinajstić information content (AvgIpc) is 3.75. The minimum absolute atomic E-state index is 0.317. The number of nitrogens with one attached hydrogen (secondary N) is 2. The van der Waals surface area contributed by atoms with Gasteiger partial charge in [-0.3, -0.25) is 4.79 Å². The summed E-state index contributed by atoms with van der Waals surface area (Å²) in [6.45, 7) is 0. The number of benzene rings is 5. The van der Waals surface area contributed by atoms with Gasteiger partial charge in [0.15, 0.2) is 5.13 Å². The van der Waals surface area contributed by atoms with Gasteiger partial charge in [-0.2, -0.15) is 5.10 Å². The lowest BCUT2D eigenvalue weighted by atomic mass is 10.1. The minimum atomic E-state index is -0.317. The number of nitrogens with zero attached hydrogens (tertiary/aromatic N) is 3. The van der Waals surface area contributed by atoms with Crippen LogP contribution in [0.4, 0.5) is 10.8 Å². The van der Waals surface area contributed by atoms with Gasteiger partial charge in [-0.1, -0.05) is 96.0 Å². The second-order valence-electron chi connectivity index (χ2n) is 10.8. The number of amides is 1. The van der Waals surface area contributed by atoms with Gasteiger partial charge < -0.3 is 9.88 Å². The molecule has 234 valence electrons. The minimum Gasteiger partial charge on any atom is -0.332 e. The van der Waals surface area contributed by atoms with Crippen molar-refractivity contribution in [3.63, 3.8) is 0 Å². The lowest BCUT2D eigenvalue weighted by molar-refractivity contribution is 0.0955. The Balaban J connectivity index is 1.13. The lowest BCUT2D eigenvalue weighted by Gasteiger charge is -2.15. The molecular weight excluding hydrogens is 657 g/mol. The average molecular weight is 685 g/mol. The van der Waals surface area contributed by atoms with Gasteiger partial charge in [0.05, 0.1) is 23.3 Å². The fraction of sp³-hybridized carbons (Fsp3) is 0. The zero-order chi connectivity index (χ0) is 32.9. The molecule has 0 saturated carbocycles. The van der Waals surface area contributed by atoms with Crippen molar-refractivity contribution in [3.05, 3.63) is 166 Å². The van der Waals surface area contributed by atoms with Crippen molar-refractivity contribution in [2.45, 2.75) is 0 Å². The molecule has 2 aromatic heterocycles. The van der Waals surface area contributed by atoms with Crippen molar-refractivity contribution in [3.8, 4) is 39.5 Å². The molecule has 0 radical (unpaired) electrons. The summed E-state index contributed by atoms with van der Waals surface area (Å²) >= 11 is 13.8. The molecule has 0 aliphatic carbocycles. The molecule has 9 heteroatoms. The third-order valence-electron chi connectivity index (χ3n) is 7.64. The summed E-state index contributed by atoms with van der Waals surface area (Å²) in [6, 6.07) is 44.9. The van der Waals surface area contributed by atoms with E-state index in [0.29, 0.717) is 15.6 Å². The Morgan fingerprint density at radius 2 is 1.35 bits per heavy atom. The molecule has 2 N–H and O–H groups in total. The summed E-state index contributed by atoms with van der Waals surface area (Å²) < 4.78 is 2.19. The van der Waals surface area contributed by atoms with Gasteiger partial charge in [0.1, 0.15) is 0 Å². The van der Waals surface area contributed by atoms with Crippen molar-refractivity contribution in [1.82, 2.24) is 15.0 Å². The van der Waals surface area contributed by atoms with Crippen molar-refractivity contribution >= 4 is 57.5 Å². The van der Waals surface area contributed by atoms with Crippen LogP contribution >= 0.6 is 34.5 Å². The summed E-state index contributed by atoms with van der Waals surface area (Å²) in [5.41, 5.74) is 11.6. The summed E-state index contributed by atoms with van der Waals surface area (Å²) in [5, 5.41) is 11.8. The zero-order valence-corrected chi connectivity index (χ0v) is 27.7. The van der Waals surface area contributed by atoms with Crippen LogP contribution in [0.5, 0.6) is 0 Å². The van der Waals surface area contributed by atoms with Crippen LogP contribution in [0, 0.1) is 0 Å². The molecule has 0 bridgehead atoms. The van der Waals surface area contributed by atoms with E-state index in [1.165, 1.54) is 11.3 Å². The number of rotatable bonds is 9. The molecule has 2 heterocycles. The highest BCUT2D eigenvalue weighted by molar-refractivity contribution is 7.14. The van der Waals surface area contributed by atoms with Gasteiger partial charge in [-0.05, 0) is 77.9 Å². The van der Waals surface area contributed by atoms with E-state index >= 15 is 0 Å². The maximum absolute atomic E-state index is 13.1. The standard InChI is InChI=1S/C39H27Cl2N5OS/c40-31-15-19-33(20-16-31)43-39-44-35(25-48-39)26-11-13-29(14-12-26)38(47)45-42-24-30-23-36(27-7-3-1-4-8-27)46(34-21-17-32(41)18-22-34)37(30)28-9-5-2-6-10-28/h1-25H,(H,43,44)(H,45,47)/b42-24-. The summed E-state index contributed by atoms with van der Waals surface area (Å²) in [6.07, 6.45) is 1.69. The molecule has 1 amide bonds. The number of hydrazone groups is 1. The summed E-state index contributed by atoms with van der Waals surface area (Å²) in [7, 11) is 0. The number of hydrogen-bond acceptors (Lipinski definition) is 5. The van der Waals surface area contributed by atoms with E-state index in [1.807, 2.05) is 102 Å². The van der Waals surface area contributed by atoms with Gasteiger partial charge in [0, 0.05) is 43.5 Å². The zero-order valence-electron chi connectivity index (χ0n) is 25.3. The molecule has 48 heavy (non-hydrogen) atoms. The van der Waals surface area contributed by atoms with Crippen LogP contribution in [0.1, 0.15) is 15.9 Å². The number of carbonyl (C=O) groups is 1. The first-order valence-corrected chi connectivity index (χ1v) is 16.7. The first-order chi connectivity index (χ1) is 23.5. The van der Waals surface area contributed by atoms with Gasteiger partial charge in [-0.15, -0.1) is 11.3 Å². The first-order valence-electron chi connectivity index (χ1n) is 15.1. The van der Waals surface area contributed by atoms with Crippen molar-refractivity contribution in [2.24, 2.45) is 5.10 Å². The van der Waals surface area contributed by atoms with Gasteiger partial charge in [-0.25, -0.2) is 10.4 Å². The molecular formula is C39H27Cl2N5OS. The molecule has 6 nitrogen and oxygen atoms in total. The highest BCUT2D eigenvalue weighted by Gasteiger charge is 2.19. The molecule has 0 aliphatic rings. The third-order valence-corrected chi connectivity index (χ3v) is 8.91. The fourth-order valence-corrected chi connectivity index (χ4v) is 6.33. The smallest absolute Gasteiger partial charge is 0.271 e. The van der Waals surface area contributed by atoms with E-state index in [-0.39, 0.29) is 5.91 Å². The van der Waals surface area contributed by atoms with Crippen LogP contribution in [0.2, 0.25) is 10.0 Å². The Labute approximate surface area is 292 Å². The van der Waals surface area contributed by atoms with Crippen LogP contribution in [0.15, 0.2) is 150 Å². The second kappa shape index (κ2) is 14.1. The van der Waals surface area contributed by atoms with Crippen molar-refractivity contribution in [2.75, 3.05) is 5.32 Å². The normalized spacial score (nSPS) is 11.1. The molecule has 0 unspecified atom stereocenters. The molecule has 0 spiro atoms. The fourth-order valence-electron chi connectivity index (χ4n) is 5.34. The summed E-state index contributed by atoms with van der Waals surface area (Å²) in [4.78, 5) is 17.8. The SMILES string of the molecule is O=C(N/N=C\c1cc(-c2ccccc2)n(-c2ccc(Cl)cc2)c1-c1ccccc1)c1ccc(-c2csc(Nc3ccc(Cl)cc3)n2)cc1. The largest absolute Gasteiger partial charge is 0.332 e. The maximum atomic E-state index is 13.1. The molecule has 0 saturated heterocycles. The van der Waals surface area contributed by atoms with E-state index in [0.717, 1.165) is 55.8 Å². The maximum Gasteiger partial charge on any atom is 0.271 e. The Morgan fingerprint density at radius 1 is 0.729 bits per heavy atom. The Hall–Kier alpha value is -5.47. The van der Waals surface area contributed by atoms with Crippen molar-refractivity contribution < 1.29 is 4.79 Å². The first kappa shape index (κ1) is 31.1. The van der Waals surface area contributed by atoms with E-state index < -0.39 is 0 Å². The van der Waals surface area contributed by atoms with Crippen LogP contribution < -0.4 is 10.7 Å². The Bertz CT molecular complexity index is 2190. The quantitative estimate of drug-likeness (QED) is 0.117. The highest BCUT2D eigenvalue weighted by atomic mass is 35.5. The van der Waals surface area contributed by atoms with Gasteiger partial charge >= 0.3 is 0 Å². The predicted molar refractivity (Wildman–Crippen MR) is 199 cm³/mol.